The maximum atomic E-state index is 2.66. The van der Waals surface area contributed by atoms with Crippen molar-refractivity contribution in [2.45, 2.75) is 18.9 Å². The van der Waals surface area contributed by atoms with E-state index >= 15 is 0 Å². The van der Waals surface area contributed by atoms with Gasteiger partial charge in [-0.15, -0.1) is 0 Å². The lowest BCUT2D eigenvalue weighted by Crippen LogP contribution is -2.50. The van der Waals surface area contributed by atoms with E-state index in [1.54, 1.807) is 0 Å². The number of hydrogen-bond donors (Lipinski definition) is 0. The van der Waals surface area contributed by atoms with Crippen molar-refractivity contribution in [3.05, 3.63) is 42.5 Å². The monoisotopic (exact) mass is 252 g/mol. The van der Waals surface area contributed by atoms with E-state index in [-0.39, 0.29) is 0 Å². The summed E-state index contributed by atoms with van der Waals surface area (Å²) in [5, 5.41) is 2.69. The summed E-state index contributed by atoms with van der Waals surface area (Å²) >= 11 is 0. The molecular weight excluding hydrogens is 232 g/mol. The molecule has 2 aliphatic rings. The third kappa shape index (κ3) is 2.00. The van der Waals surface area contributed by atoms with Crippen molar-refractivity contribution in [1.29, 1.82) is 0 Å². The van der Waals surface area contributed by atoms with E-state index in [0.29, 0.717) is 0 Å². The first-order valence-electron chi connectivity index (χ1n) is 7.38. The molecule has 2 nitrogen and oxygen atoms in total. The Balaban J connectivity index is 1.63. The van der Waals surface area contributed by atoms with Gasteiger partial charge in [-0.3, -0.25) is 4.90 Å². The highest BCUT2D eigenvalue weighted by molar-refractivity contribution is 5.85. The molecule has 0 aromatic heterocycles. The van der Waals surface area contributed by atoms with Gasteiger partial charge in [-0.2, -0.15) is 0 Å². The van der Waals surface area contributed by atoms with Crippen molar-refractivity contribution < 1.29 is 0 Å². The average Bonchev–Trinajstić information content (AvgIpc) is 2.94. The Labute approximate surface area is 114 Å². The molecule has 1 unspecified atom stereocenters. The summed E-state index contributed by atoms with van der Waals surface area (Å²) in [6, 6.07) is 16.3. The molecular formula is C17H20N2. The molecule has 0 spiro atoms. The molecule has 1 atom stereocenters. The molecule has 2 fully saturated rings. The van der Waals surface area contributed by atoms with Crippen molar-refractivity contribution >= 4 is 16.5 Å². The van der Waals surface area contributed by atoms with Crippen LogP contribution in [0.3, 0.4) is 0 Å². The second-order valence-corrected chi connectivity index (χ2v) is 5.81. The van der Waals surface area contributed by atoms with Crippen LogP contribution in [0.15, 0.2) is 42.5 Å². The SMILES string of the molecule is c1ccc2cc(N3CCN4CCCC4C3)ccc2c1. The molecule has 98 valence electrons. The van der Waals surface area contributed by atoms with E-state index in [9.17, 15) is 0 Å². The molecule has 2 aliphatic heterocycles. The Morgan fingerprint density at radius 2 is 1.79 bits per heavy atom. The molecule has 0 radical (unpaired) electrons. The molecule has 2 heteroatoms. The third-order valence-electron chi connectivity index (χ3n) is 4.69. The predicted octanol–water partition coefficient (Wildman–Crippen LogP) is 3.12. The molecule has 2 heterocycles. The van der Waals surface area contributed by atoms with E-state index in [1.807, 2.05) is 0 Å². The smallest absolute Gasteiger partial charge is 0.0373 e. The van der Waals surface area contributed by atoms with Crippen LogP contribution in [0, 0.1) is 0 Å². The molecule has 2 aromatic carbocycles. The van der Waals surface area contributed by atoms with Crippen molar-refractivity contribution in [3.63, 3.8) is 0 Å². The number of hydrogen-bond acceptors (Lipinski definition) is 2. The van der Waals surface area contributed by atoms with E-state index in [2.05, 4.69) is 52.3 Å². The van der Waals surface area contributed by atoms with Gasteiger partial charge in [-0.1, -0.05) is 30.3 Å². The van der Waals surface area contributed by atoms with Crippen molar-refractivity contribution in [2.24, 2.45) is 0 Å². The maximum Gasteiger partial charge on any atom is 0.0373 e. The molecule has 2 aromatic rings. The molecule has 19 heavy (non-hydrogen) atoms. The van der Waals surface area contributed by atoms with Gasteiger partial charge in [0.15, 0.2) is 0 Å². The Bertz CT molecular complexity index is 593. The summed E-state index contributed by atoms with van der Waals surface area (Å²) in [4.78, 5) is 5.23. The Morgan fingerprint density at radius 3 is 2.74 bits per heavy atom. The molecule has 0 amide bonds. The summed E-state index contributed by atoms with van der Waals surface area (Å²) in [5.74, 6) is 0. The van der Waals surface area contributed by atoms with Crippen LogP contribution < -0.4 is 4.90 Å². The molecule has 0 N–H and O–H groups in total. The summed E-state index contributed by atoms with van der Waals surface area (Å²) in [5.41, 5.74) is 1.39. The lowest BCUT2D eigenvalue weighted by molar-refractivity contribution is 0.231. The number of piperazine rings is 1. The molecule has 0 saturated carbocycles. The van der Waals surface area contributed by atoms with Gasteiger partial charge in [0, 0.05) is 31.4 Å². The fourth-order valence-electron chi connectivity index (χ4n) is 3.60. The molecule has 4 rings (SSSR count). The lowest BCUT2D eigenvalue weighted by atomic mass is 10.1. The van der Waals surface area contributed by atoms with E-state index in [4.69, 9.17) is 0 Å². The molecule has 2 saturated heterocycles. The zero-order valence-corrected chi connectivity index (χ0v) is 11.3. The maximum absolute atomic E-state index is 2.66. The number of anilines is 1. The topological polar surface area (TPSA) is 6.48 Å². The fourth-order valence-corrected chi connectivity index (χ4v) is 3.60. The normalized spacial score (nSPS) is 23.8. The van der Waals surface area contributed by atoms with Gasteiger partial charge in [0.25, 0.3) is 0 Å². The van der Waals surface area contributed by atoms with Crippen LogP contribution in [0.25, 0.3) is 10.8 Å². The number of nitrogens with zero attached hydrogens (tertiary/aromatic N) is 2. The number of benzene rings is 2. The van der Waals surface area contributed by atoms with Crippen molar-refractivity contribution in [1.82, 2.24) is 4.90 Å². The summed E-state index contributed by atoms with van der Waals surface area (Å²) < 4.78 is 0. The minimum atomic E-state index is 0.792. The summed E-state index contributed by atoms with van der Waals surface area (Å²) in [6.45, 7) is 4.93. The minimum Gasteiger partial charge on any atom is -0.369 e. The lowest BCUT2D eigenvalue weighted by Gasteiger charge is -2.38. The standard InChI is InChI=1S/C17H20N2/c1-2-5-15-12-16(8-7-14(15)4-1)19-11-10-18-9-3-6-17(18)13-19/h1-2,4-5,7-8,12,17H,3,6,9-11,13H2. The van der Waals surface area contributed by atoms with Crippen LogP contribution >= 0.6 is 0 Å². The predicted molar refractivity (Wildman–Crippen MR) is 80.8 cm³/mol. The Kier molecular flexibility index (Phi) is 2.70. The van der Waals surface area contributed by atoms with Gasteiger partial charge in [-0.05, 0) is 42.3 Å². The Morgan fingerprint density at radius 1 is 0.895 bits per heavy atom. The first-order chi connectivity index (χ1) is 9.40. The molecule has 0 bridgehead atoms. The van der Waals surface area contributed by atoms with Gasteiger partial charge < -0.3 is 4.90 Å². The van der Waals surface area contributed by atoms with E-state index in [1.165, 1.54) is 55.5 Å². The second kappa shape index (κ2) is 4.53. The quantitative estimate of drug-likeness (QED) is 0.769. The van der Waals surface area contributed by atoms with Gasteiger partial charge in [-0.25, -0.2) is 0 Å². The van der Waals surface area contributed by atoms with Gasteiger partial charge in [0.2, 0.25) is 0 Å². The van der Waals surface area contributed by atoms with Crippen LogP contribution in [0.5, 0.6) is 0 Å². The highest BCUT2D eigenvalue weighted by Crippen LogP contribution is 2.27. The van der Waals surface area contributed by atoms with Gasteiger partial charge in [0.05, 0.1) is 0 Å². The minimum absolute atomic E-state index is 0.792. The largest absolute Gasteiger partial charge is 0.369 e. The average molecular weight is 252 g/mol. The zero-order valence-electron chi connectivity index (χ0n) is 11.3. The summed E-state index contributed by atoms with van der Waals surface area (Å²) in [7, 11) is 0. The van der Waals surface area contributed by atoms with Crippen LogP contribution in [-0.4, -0.2) is 37.1 Å². The number of rotatable bonds is 1. The molecule has 0 aliphatic carbocycles. The van der Waals surface area contributed by atoms with Crippen LogP contribution in [0.4, 0.5) is 5.69 Å². The fraction of sp³-hybridized carbons (Fsp3) is 0.412. The number of fused-ring (bicyclic) bond motifs is 2. The van der Waals surface area contributed by atoms with Crippen LogP contribution in [0.2, 0.25) is 0 Å². The van der Waals surface area contributed by atoms with Crippen LogP contribution in [0.1, 0.15) is 12.8 Å². The highest BCUT2D eigenvalue weighted by atomic mass is 15.3. The van der Waals surface area contributed by atoms with Crippen LogP contribution in [-0.2, 0) is 0 Å². The van der Waals surface area contributed by atoms with Gasteiger partial charge in [0.1, 0.15) is 0 Å². The first-order valence-corrected chi connectivity index (χ1v) is 7.38. The van der Waals surface area contributed by atoms with Crippen molar-refractivity contribution in [3.8, 4) is 0 Å². The third-order valence-corrected chi connectivity index (χ3v) is 4.69. The highest BCUT2D eigenvalue weighted by Gasteiger charge is 2.30. The van der Waals surface area contributed by atoms with Crippen molar-refractivity contribution in [2.75, 3.05) is 31.1 Å². The first kappa shape index (κ1) is 11.3. The van der Waals surface area contributed by atoms with Gasteiger partial charge >= 0.3 is 0 Å². The zero-order chi connectivity index (χ0) is 12.7. The van der Waals surface area contributed by atoms with E-state index < -0.39 is 0 Å². The van der Waals surface area contributed by atoms with E-state index in [0.717, 1.165) is 6.04 Å². The summed E-state index contributed by atoms with van der Waals surface area (Å²) in [6.07, 6.45) is 2.76. The second-order valence-electron chi connectivity index (χ2n) is 5.81. The Hall–Kier alpha value is -1.54.